The van der Waals surface area contributed by atoms with E-state index in [1.54, 1.807) is 0 Å². The largest absolute Gasteiger partial charge is 0.519 e. The van der Waals surface area contributed by atoms with Gasteiger partial charge < -0.3 is 9.53 Å². The highest BCUT2D eigenvalue weighted by Crippen LogP contribution is 2.49. The maximum atomic E-state index is 13.1. The van der Waals surface area contributed by atoms with Crippen LogP contribution in [0.4, 0.5) is 0 Å². The van der Waals surface area contributed by atoms with Gasteiger partial charge in [0, 0.05) is 0 Å². The Kier molecular flexibility index (Phi) is 5.64. The third kappa shape index (κ3) is 3.10. The normalized spacial score (nSPS) is 22.6. The van der Waals surface area contributed by atoms with Crippen molar-refractivity contribution in [2.45, 2.75) is 72.2 Å². The Bertz CT molecular complexity index is 683. The smallest absolute Gasteiger partial charge is 0.301 e. The van der Waals surface area contributed by atoms with Gasteiger partial charge in [0.2, 0.25) is 0 Å². The fourth-order valence-corrected chi connectivity index (χ4v) is 6.77. The van der Waals surface area contributed by atoms with E-state index < -0.39 is 19.8 Å². The predicted molar refractivity (Wildman–Crippen MR) is 106 cm³/mol. The summed E-state index contributed by atoms with van der Waals surface area (Å²) in [7, 11) is -2.05. The topological polar surface area (TPSA) is 46.5 Å². The van der Waals surface area contributed by atoms with Crippen LogP contribution in [0.5, 0.6) is 0 Å². The number of hydrogen-bond acceptors (Lipinski definition) is 3. The minimum atomic E-state index is -2.05. The monoisotopic (exact) mass is 360 g/mol. The van der Waals surface area contributed by atoms with Crippen molar-refractivity contribution in [2.24, 2.45) is 5.41 Å². The molecule has 0 spiro atoms. The zero-order valence-electron chi connectivity index (χ0n) is 16.5. The molecule has 0 saturated carbocycles. The first-order valence-electron chi connectivity index (χ1n) is 9.36. The van der Waals surface area contributed by atoms with Crippen molar-refractivity contribution in [3.05, 3.63) is 40.5 Å². The second kappa shape index (κ2) is 7.08. The fourth-order valence-electron chi connectivity index (χ4n) is 4.21. The third-order valence-electron chi connectivity index (χ3n) is 6.32. The molecule has 0 fully saturated rings. The highest BCUT2D eigenvalue weighted by atomic mass is 28.4. The summed E-state index contributed by atoms with van der Waals surface area (Å²) in [5.41, 5.74) is 4.25. The van der Waals surface area contributed by atoms with E-state index in [1.807, 2.05) is 26.8 Å². The quantitative estimate of drug-likeness (QED) is 0.719. The summed E-state index contributed by atoms with van der Waals surface area (Å²) < 4.78 is 6.12. The van der Waals surface area contributed by atoms with Crippen molar-refractivity contribution in [3.8, 4) is 0 Å². The molecule has 1 unspecified atom stereocenters. The SMILES string of the molecule is C=Cc1c(C)cc2c(c1C)C(O)[C@@](C)(C(=O)O[Si](CC)(CC)CC)C2. The minimum Gasteiger partial charge on any atom is -0.519 e. The van der Waals surface area contributed by atoms with Gasteiger partial charge in [0.15, 0.2) is 0 Å². The molecule has 1 aromatic carbocycles. The highest BCUT2D eigenvalue weighted by molar-refractivity contribution is 6.75. The lowest BCUT2D eigenvalue weighted by atomic mass is 9.84. The van der Waals surface area contributed by atoms with Crippen LogP contribution in [0.15, 0.2) is 12.6 Å². The first-order chi connectivity index (χ1) is 11.7. The standard InChI is InChI=1S/C21H32O3Si/c1-8-17-14(5)12-16-13-21(7,19(22)18(16)15(17)6)20(23)24-25(9-2,10-3)11-4/h8,12,19,22H,1,9-11,13H2,2-7H3/t19?,21-/m0/s1. The molecule has 1 aliphatic carbocycles. The summed E-state index contributed by atoms with van der Waals surface area (Å²) in [6.07, 6.45) is 1.53. The Morgan fingerprint density at radius 3 is 2.40 bits per heavy atom. The lowest BCUT2D eigenvalue weighted by Gasteiger charge is -2.34. The van der Waals surface area contributed by atoms with Gasteiger partial charge in [-0.3, -0.25) is 4.79 Å². The molecule has 0 aromatic heterocycles. The zero-order chi connectivity index (χ0) is 19.0. The molecule has 2 atom stereocenters. The number of carbonyl (C=O) groups is 1. The van der Waals surface area contributed by atoms with Crippen molar-refractivity contribution >= 4 is 20.4 Å². The molecule has 0 aliphatic heterocycles. The number of aliphatic hydroxyl groups is 1. The molecule has 1 aliphatic rings. The number of fused-ring (bicyclic) bond motifs is 1. The van der Waals surface area contributed by atoms with Gasteiger partial charge >= 0.3 is 5.97 Å². The van der Waals surface area contributed by atoms with Gasteiger partial charge in [0.1, 0.15) is 0 Å². The number of benzene rings is 1. The van der Waals surface area contributed by atoms with Crippen LogP contribution in [0, 0.1) is 19.3 Å². The van der Waals surface area contributed by atoms with Crippen LogP contribution in [0.2, 0.25) is 18.1 Å². The molecule has 0 heterocycles. The average Bonchev–Trinajstić information content (AvgIpc) is 2.85. The minimum absolute atomic E-state index is 0.231. The maximum absolute atomic E-state index is 13.1. The Morgan fingerprint density at radius 1 is 1.36 bits per heavy atom. The molecule has 0 bridgehead atoms. The summed E-state index contributed by atoms with van der Waals surface area (Å²) in [6.45, 7) is 16.1. The van der Waals surface area contributed by atoms with E-state index in [9.17, 15) is 9.90 Å². The molecule has 0 radical (unpaired) electrons. The van der Waals surface area contributed by atoms with E-state index in [0.717, 1.165) is 45.9 Å². The summed E-state index contributed by atoms with van der Waals surface area (Å²) in [5, 5.41) is 11.1. The van der Waals surface area contributed by atoms with Crippen LogP contribution in [0.25, 0.3) is 6.08 Å². The van der Waals surface area contributed by atoms with Gasteiger partial charge in [0.05, 0.1) is 11.5 Å². The lowest BCUT2D eigenvalue weighted by molar-refractivity contribution is -0.152. The second-order valence-corrected chi connectivity index (χ2v) is 12.3. The van der Waals surface area contributed by atoms with E-state index in [0.29, 0.717) is 6.42 Å². The fraction of sp³-hybridized carbons (Fsp3) is 0.571. The van der Waals surface area contributed by atoms with Crippen molar-refractivity contribution in [1.82, 2.24) is 0 Å². The molecule has 0 saturated heterocycles. The molecule has 0 amide bonds. The van der Waals surface area contributed by atoms with E-state index in [4.69, 9.17) is 4.43 Å². The van der Waals surface area contributed by atoms with E-state index in [-0.39, 0.29) is 5.97 Å². The van der Waals surface area contributed by atoms with Crippen LogP contribution < -0.4 is 0 Å². The van der Waals surface area contributed by atoms with Gasteiger partial charge in [-0.15, -0.1) is 0 Å². The molecular formula is C21H32O3Si. The number of aryl methyl sites for hydroxylation is 1. The average molecular weight is 361 g/mol. The second-order valence-electron chi connectivity index (χ2n) is 7.64. The third-order valence-corrected chi connectivity index (χ3v) is 10.8. The molecule has 2 rings (SSSR count). The summed E-state index contributed by atoms with van der Waals surface area (Å²) in [6, 6.07) is 4.85. The summed E-state index contributed by atoms with van der Waals surface area (Å²) >= 11 is 0. The van der Waals surface area contributed by atoms with Gasteiger partial charge in [-0.05, 0) is 73.1 Å². The molecular weight excluding hydrogens is 328 g/mol. The van der Waals surface area contributed by atoms with Crippen molar-refractivity contribution in [2.75, 3.05) is 0 Å². The highest BCUT2D eigenvalue weighted by Gasteiger charge is 2.51. The van der Waals surface area contributed by atoms with Gasteiger partial charge in [-0.2, -0.15) is 0 Å². The van der Waals surface area contributed by atoms with Crippen molar-refractivity contribution < 1.29 is 14.3 Å². The van der Waals surface area contributed by atoms with Crippen molar-refractivity contribution in [1.29, 1.82) is 0 Å². The Hall–Kier alpha value is -1.39. The predicted octanol–water partition coefficient (Wildman–Crippen LogP) is 5.09. The summed E-state index contributed by atoms with van der Waals surface area (Å²) in [4.78, 5) is 13.1. The first kappa shape index (κ1) is 19.9. The Labute approximate surface area is 153 Å². The van der Waals surface area contributed by atoms with Crippen LogP contribution in [0.1, 0.15) is 61.6 Å². The maximum Gasteiger partial charge on any atom is 0.301 e. The summed E-state index contributed by atoms with van der Waals surface area (Å²) in [5.74, 6) is -0.231. The molecule has 3 nitrogen and oxygen atoms in total. The molecule has 25 heavy (non-hydrogen) atoms. The molecule has 138 valence electrons. The van der Waals surface area contributed by atoms with Gasteiger partial charge in [-0.1, -0.05) is 39.5 Å². The number of rotatable bonds is 6. The van der Waals surface area contributed by atoms with Gasteiger partial charge in [-0.25, -0.2) is 0 Å². The zero-order valence-corrected chi connectivity index (χ0v) is 17.5. The molecule has 1 aromatic rings. The number of aliphatic hydroxyl groups excluding tert-OH is 1. The Balaban J connectivity index is 2.42. The van der Waals surface area contributed by atoms with Crippen molar-refractivity contribution in [3.63, 3.8) is 0 Å². The van der Waals surface area contributed by atoms with Crippen LogP contribution >= 0.6 is 0 Å². The van der Waals surface area contributed by atoms with Gasteiger partial charge in [0.25, 0.3) is 8.32 Å². The van der Waals surface area contributed by atoms with Crippen LogP contribution in [-0.2, 0) is 15.6 Å². The first-order valence-corrected chi connectivity index (χ1v) is 11.9. The van der Waals surface area contributed by atoms with Crippen LogP contribution in [0.3, 0.4) is 0 Å². The van der Waals surface area contributed by atoms with E-state index in [1.165, 1.54) is 0 Å². The van der Waals surface area contributed by atoms with E-state index >= 15 is 0 Å². The molecule has 1 N–H and O–H groups in total. The number of hydrogen-bond donors (Lipinski definition) is 1. The lowest BCUT2D eigenvalue weighted by Crippen LogP contribution is -2.44. The van der Waals surface area contributed by atoms with Crippen LogP contribution in [-0.4, -0.2) is 19.4 Å². The molecule has 4 heteroatoms. The number of carbonyl (C=O) groups excluding carboxylic acids is 1. The Morgan fingerprint density at radius 2 is 1.92 bits per heavy atom. The van der Waals surface area contributed by atoms with E-state index in [2.05, 4.69) is 33.4 Å².